The van der Waals surface area contributed by atoms with E-state index in [-0.39, 0.29) is 0 Å². The summed E-state index contributed by atoms with van der Waals surface area (Å²) < 4.78 is 0. The number of aryl methyl sites for hydroxylation is 1. The fraction of sp³-hybridized carbons (Fsp3) is 0.727. The van der Waals surface area contributed by atoms with Crippen molar-refractivity contribution in [1.82, 2.24) is 10.3 Å². The Morgan fingerprint density at radius 1 is 1.50 bits per heavy atom. The molecule has 0 radical (unpaired) electrons. The predicted molar refractivity (Wildman–Crippen MR) is 60.8 cm³/mol. The van der Waals surface area contributed by atoms with Crippen LogP contribution in [0.2, 0.25) is 0 Å². The van der Waals surface area contributed by atoms with Crippen LogP contribution in [0.5, 0.6) is 0 Å². The van der Waals surface area contributed by atoms with Crippen molar-refractivity contribution in [2.75, 3.05) is 7.05 Å². The summed E-state index contributed by atoms with van der Waals surface area (Å²) in [7, 11) is 2.01. The molecule has 2 rings (SSSR count). The Bertz CT molecular complexity index is 279. The van der Waals surface area contributed by atoms with Gasteiger partial charge in [0.2, 0.25) is 0 Å². The molecule has 1 saturated carbocycles. The fourth-order valence-electron chi connectivity index (χ4n) is 1.64. The molecule has 0 bridgehead atoms. The molecule has 1 aliphatic rings. The van der Waals surface area contributed by atoms with Crippen molar-refractivity contribution in [3.05, 3.63) is 15.6 Å². The first-order valence-corrected chi connectivity index (χ1v) is 6.29. The number of nitrogens with one attached hydrogen (secondary N) is 1. The molecule has 0 saturated heterocycles. The van der Waals surface area contributed by atoms with E-state index < -0.39 is 0 Å². The highest BCUT2D eigenvalue weighted by Gasteiger charge is 2.27. The van der Waals surface area contributed by atoms with E-state index in [0.717, 1.165) is 18.9 Å². The lowest BCUT2D eigenvalue weighted by Gasteiger charge is -1.98. The van der Waals surface area contributed by atoms with Crippen molar-refractivity contribution in [3.8, 4) is 0 Å². The van der Waals surface area contributed by atoms with Gasteiger partial charge in [0.25, 0.3) is 0 Å². The zero-order valence-corrected chi connectivity index (χ0v) is 9.78. The van der Waals surface area contributed by atoms with Crippen LogP contribution in [0.4, 0.5) is 0 Å². The lowest BCUT2D eigenvalue weighted by molar-refractivity contribution is 0.796. The van der Waals surface area contributed by atoms with Gasteiger partial charge in [-0.2, -0.15) is 0 Å². The summed E-state index contributed by atoms with van der Waals surface area (Å²) in [6.07, 6.45) is 5.06. The van der Waals surface area contributed by atoms with Gasteiger partial charge in [-0.3, -0.25) is 0 Å². The smallest absolute Gasteiger partial charge is 0.0962 e. The molecule has 0 unspecified atom stereocenters. The van der Waals surface area contributed by atoms with E-state index in [1.165, 1.54) is 34.8 Å². The maximum Gasteiger partial charge on any atom is 0.0962 e. The minimum Gasteiger partial charge on any atom is -0.315 e. The molecule has 0 atom stereocenters. The summed E-state index contributed by atoms with van der Waals surface area (Å²) in [6.45, 7) is 3.21. The molecule has 1 aromatic heterocycles. The van der Waals surface area contributed by atoms with Crippen molar-refractivity contribution in [3.63, 3.8) is 0 Å². The first-order valence-electron chi connectivity index (χ1n) is 5.48. The highest BCUT2D eigenvalue weighted by atomic mass is 32.1. The molecule has 1 aromatic rings. The SMILES string of the molecule is CCCc1nc(C2CC2)sc1CNC. The first-order chi connectivity index (χ1) is 6.85. The molecule has 1 fully saturated rings. The molecule has 14 heavy (non-hydrogen) atoms. The summed E-state index contributed by atoms with van der Waals surface area (Å²) in [5, 5.41) is 4.61. The Hall–Kier alpha value is -0.410. The standard InChI is InChI=1S/C11H18N2S/c1-3-4-9-10(7-12-2)14-11(13-9)8-5-6-8/h8,12H,3-7H2,1-2H3. The summed E-state index contributed by atoms with van der Waals surface area (Å²) in [5.74, 6) is 0.807. The topological polar surface area (TPSA) is 24.9 Å². The predicted octanol–water partition coefficient (Wildman–Crippen LogP) is 2.69. The van der Waals surface area contributed by atoms with Gasteiger partial charge in [-0.25, -0.2) is 4.98 Å². The van der Waals surface area contributed by atoms with Crippen LogP contribution in [0.3, 0.4) is 0 Å². The average Bonchev–Trinajstić information content (AvgIpc) is 2.94. The number of aromatic nitrogens is 1. The zero-order valence-electron chi connectivity index (χ0n) is 8.97. The third kappa shape index (κ3) is 2.15. The molecule has 1 N–H and O–H groups in total. The van der Waals surface area contributed by atoms with Gasteiger partial charge < -0.3 is 5.32 Å². The number of hydrogen-bond acceptors (Lipinski definition) is 3. The number of hydrogen-bond donors (Lipinski definition) is 1. The van der Waals surface area contributed by atoms with E-state index in [9.17, 15) is 0 Å². The van der Waals surface area contributed by atoms with Crippen LogP contribution >= 0.6 is 11.3 Å². The Kier molecular flexibility index (Phi) is 3.19. The Morgan fingerprint density at radius 3 is 2.86 bits per heavy atom. The van der Waals surface area contributed by atoms with Crippen molar-refractivity contribution >= 4 is 11.3 Å². The minimum atomic E-state index is 0.807. The molecule has 0 spiro atoms. The summed E-state index contributed by atoms with van der Waals surface area (Å²) in [4.78, 5) is 6.21. The second-order valence-corrected chi connectivity index (χ2v) is 5.09. The minimum absolute atomic E-state index is 0.807. The summed E-state index contributed by atoms with van der Waals surface area (Å²) in [6, 6.07) is 0. The van der Waals surface area contributed by atoms with Gasteiger partial charge in [0, 0.05) is 17.3 Å². The third-order valence-corrected chi connectivity index (χ3v) is 3.81. The van der Waals surface area contributed by atoms with Crippen LogP contribution in [-0.2, 0) is 13.0 Å². The molecule has 78 valence electrons. The maximum atomic E-state index is 4.76. The first kappa shape index (κ1) is 10.1. The zero-order chi connectivity index (χ0) is 9.97. The number of thiazole rings is 1. The van der Waals surface area contributed by atoms with E-state index in [4.69, 9.17) is 4.98 Å². The largest absolute Gasteiger partial charge is 0.315 e. The molecular weight excluding hydrogens is 192 g/mol. The molecule has 2 nitrogen and oxygen atoms in total. The van der Waals surface area contributed by atoms with E-state index in [1.807, 2.05) is 18.4 Å². The fourth-order valence-corrected chi connectivity index (χ4v) is 2.93. The maximum absolute atomic E-state index is 4.76. The van der Waals surface area contributed by atoms with E-state index >= 15 is 0 Å². The average molecular weight is 210 g/mol. The van der Waals surface area contributed by atoms with Gasteiger partial charge >= 0.3 is 0 Å². The molecular formula is C11H18N2S. The highest BCUT2D eigenvalue weighted by Crippen LogP contribution is 2.42. The normalized spacial score (nSPS) is 16.1. The number of rotatable bonds is 5. The van der Waals surface area contributed by atoms with E-state index in [1.54, 1.807) is 0 Å². The van der Waals surface area contributed by atoms with Crippen molar-refractivity contribution in [1.29, 1.82) is 0 Å². The van der Waals surface area contributed by atoms with Crippen LogP contribution in [0, 0.1) is 0 Å². The summed E-state index contributed by atoms with van der Waals surface area (Å²) in [5.41, 5.74) is 1.34. The van der Waals surface area contributed by atoms with Crippen molar-refractivity contribution in [2.24, 2.45) is 0 Å². The second kappa shape index (κ2) is 4.41. The van der Waals surface area contributed by atoms with Gasteiger partial charge in [0.15, 0.2) is 0 Å². The lowest BCUT2D eigenvalue weighted by Crippen LogP contribution is -2.05. The van der Waals surface area contributed by atoms with Gasteiger partial charge in [0.05, 0.1) is 10.7 Å². The number of nitrogens with zero attached hydrogens (tertiary/aromatic N) is 1. The quantitative estimate of drug-likeness (QED) is 0.808. The molecule has 0 amide bonds. The molecule has 0 aliphatic heterocycles. The molecule has 0 aromatic carbocycles. The van der Waals surface area contributed by atoms with Crippen LogP contribution < -0.4 is 5.32 Å². The Labute approximate surface area is 89.8 Å². The van der Waals surface area contributed by atoms with Gasteiger partial charge in [-0.05, 0) is 26.3 Å². The Balaban J connectivity index is 2.16. The molecule has 1 aliphatic carbocycles. The third-order valence-electron chi connectivity index (χ3n) is 2.55. The van der Waals surface area contributed by atoms with Gasteiger partial charge in [-0.1, -0.05) is 13.3 Å². The second-order valence-electron chi connectivity index (χ2n) is 3.98. The van der Waals surface area contributed by atoms with Gasteiger partial charge in [-0.15, -0.1) is 11.3 Å². The lowest BCUT2D eigenvalue weighted by atomic mass is 10.2. The summed E-state index contributed by atoms with van der Waals surface area (Å²) >= 11 is 1.92. The van der Waals surface area contributed by atoms with Crippen LogP contribution in [0.1, 0.15) is 47.7 Å². The molecule has 1 heterocycles. The highest BCUT2D eigenvalue weighted by molar-refractivity contribution is 7.11. The van der Waals surface area contributed by atoms with Crippen LogP contribution in [0.25, 0.3) is 0 Å². The Morgan fingerprint density at radius 2 is 2.29 bits per heavy atom. The van der Waals surface area contributed by atoms with Gasteiger partial charge in [0.1, 0.15) is 0 Å². The van der Waals surface area contributed by atoms with Crippen LogP contribution in [-0.4, -0.2) is 12.0 Å². The van der Waals surface area contributed by atoms with E-state index in [0.29, 0.717) is 0 Å². The van der Waals surface area contributed by atoms with Crippen LogP contribution in [0.15, 0.2) is 0 Å². The van der Waals surface area contributed by atoms with Crippen molar-refractivity contribution in [2.45, 2.75) is 45.1 Å². The monoisotopic (exact) mass is 210 g/mol. The van der Waals surface area contributed by atoms with E-state index in [2.05, 4.69) is 12.2 Å². The van der Waals surface area contributed by atoms with Crippen molar-refractivity contribution < 1.29 is 0 Å². The molecule has 3 heteroatoms.